The number of piperidine rings is 1. The molecule has 1 aliphatic rings. The van der Waals surface area contributed by atoms with E-state index in [2.05, 4.69) is 15.0 Å². The van der Waals surface area contributed by atoms with E-state index in [1.54, 1.807) is 6.07 Å². The molecule has 5 nitrogen and oxygen atoms in total. The van der Waals surface area contributed by atoms with E-state index in [9.17, 15) is 8.42 Å². The van der Waals surface area contributed by atoms with Crippen molar-refractivity contribution >= 4 is 15.7 Å². The van der Waals surface area contributed by atoms with Gasteiger partial charge in [-0.1, -0.05) is 0 Å². The number of pyridine rings is 1. The molecular formula is C12H19N3O2S. The van der Waals surface area contributed by atoms with Crippen molar-refractivity contribution in [1.82, 2.24) is 10.3 Å². The molecule has 0 aliphatic carbocycles. The molecule has 18 heavy (non-hydrogen) atoms. The van der Waals surface area contributed by atoms with Gasteiger partial charge in [0.05, 0.1) is 16.6 Å². The van der Waals surface area contributed by atoms with Gasteiger partial charge in [0.1, 0.15) is 0 Å². The molecule has 1 aromatic heterocycles. The summed E-state index contributed by atoms with van der Waals surface area (Å²) in [5.74, 6) is 0. The van der Waals surface area contributed by atoms with Crippen LogP contribution in [0, 0.1) is 13.8 Å². The van der Waals surface area contributed by atoms with Crippen molar-refractivity contribution in [3.8, 4) is 0 Å². The van der Waals surface area contributed by atoms with Crippen molar-refractivity contribution in [2.75, 3.05) is 17.8 Å². The van der Waals surface area contributed by atoms with Gasteiger partial charge in [-0.05, 0) is 51.9 Å². The lowest BCUT2D eigenvalue weighted by Gasteiger charge is -2.23. The molecule has 100 valence electrons. The third-order valence-corrected chi connectivity index (χ3v) is 5.06. The number of sulfonamides is 1. The molecule has 0 atom stereocenters. The first-order chi connectivity index (χ1) is 8.49. The van der Waals surface area contributed by atoms with Gasteiger partial charge in [0, 0.05) is 5.69 Å². The lowest BCUT2D eigenvalue weighted by Crippen LogP contribution is -2.38. The maximum absolute atomic E-state index is 12.2. The number of aryl methyl sites for hydroxylation is 2. The highest BCUT2D eigenvalue weighted by molar-refractivity contribution is 7.93. The minimum atomic E-state index is -3.30. The van der Waals surface area contributed by atoms with Gasteiger partial charge in [-0.25, -0.2) is 8.42 Å². The van der Waals surface area contributed by atoms with E-state index in [1.165, 1.54) is 0 Å². The Morgan fingerprint density at radius 3 is 2.56 bits per heavy atom. The first kappa shape index (κ1) is 13.3. The van der Waals surface area contributed by atoms with Crippen LogP contribution in [0.25, 0.3) is 0 Å². The molecule has 2 rings (SSSR count). The number of hydrogen-bond donors (Lipinski definition) is 2. The van der Waals surface area contributed by atoms with Gasteiger partial charge in [0.25, 0.3) is 0 Å². The maximum Gasteiger partial charge on any atom is 0.235 e. The second kappa shape index (κ2) is 5.24. The van der Waals surface area contributed by atoms with Crippen LogP contribution in [-0.2, 0) is 10.0 Å². The van der Waals surface area contributed by atoms with Gasteiger partial charge in [-0.2, -0.15) is 0 Å². The Hall–Kier alpha value is -1.14. The number of anilines is 1. The van der Waals surface area contributed by atoms with Gasteiger partial charge in [0.2, 0.25) is 10.0 Å². The van der Waals surface area contributed by atoms with Gasteiger partial charge < -0.3 is 5.32 Å². The number of rotatable bonds is 3. The van der Waals surface area contributed by atoms with Crippen LogP contribution in [0.3, 0.4) is 0 Å². The summed E-state index contributed by atoms with van der Waals surface area (Å²) in [5.41, 5.74) is 2.18. The second-order valence-electron chi connectivity index (χ2n) is 4.68. The lowest BCUT2D eigenvalue weighted by molar-refractivity contribution is 0.499. The van der Waals surface area contributed by atoms with Crippen molar-refractivity contribution in [2.45, 2.75) is 31.9 Å². The summed E-state index contributed by atoms with van der Waals surface area (Å²) in [4.78, 5) is 4.26. The Morgan fingerprint density at radius 1 is 1.28 bits per heavy atom. The minimum Gasteiger partial charge on any atom is -0.317 e. The highest BCUT2D eigenvalue weighted by Crippen LogP contribution is 2.19. The SMILES string of the molecule is Cc1ccc(NS(=O)(=O)C2CCNCC2)c(C)n1. The third-order valence-electron chi connectivity index (χ3n) is 3.20. The Kier molecular flexibility index (Phi) is 3.87. The fraction of sp³-hybridized carbons (Fsp3) is 0.583. The quantitative estimate of drug-likeness (QED) is 0.864. The number of hydrogen-bond acceptors (Lipinski definition) is 4. The van der Waals surface area contributed by atoms with E-state index in [0.717, 1.165) is 18.8 Å². The van der Waals surface area contributed by atoms with E-state index < -0.39 is 10.0 Å². The van der Waals surface area contributed by atoms with Crippen molar-refractivity contribution in [2.24, 2.45) is 0 Å². The van der Waals surface area contributed by atoms with Crippen LogP contribution in [0.2, 0.25) is 0 Å². The molecule has 0 spiro atoms. The topological polar surface area (TPSA) is 71.1 Å². The van der Waals surface area contributed by atoms with Crippen molar-refractivity contribution < 1.29 is 8.42 Å². The summed E-state index contributed by atoms with van der Waals surface area (Å²) in [7, 11) is -3.30. The highest BCUT2D eigenvalue weighted by Gasteiger charge is 2.27. The van der Waals surface area contributed by atoms with E-state index in [1.807, 2.05) is 19.9 Å². The molecule has 2 N–H and O–H groups in total. The summed E-state index contributed by atoms with van der Waals surface area (Å²) in [6.07, 6.45) is 1.32. The Bertz CT molecular complexity index is 522. The summed E-state index contributed by atoms with van der Waals surface area (Å²) in [6.45, 7) is 5.22. The number of nitrogens with zero attached hydrogens (tertiary/aromatic N) is 1. The Labute approximate surface area is 108 Å². The molecule has 2 heterocycles. The molecular weight excluding hydrogens is 250 g/mol. The summed E-state index contributed by atoms with van der Waals surface area (Å²) < 4.78 is 27.1. The van der Waals surface area contributed by atoms with Crippen LogP contribution >= 0.6 is 0 Å². The molecule has 0 bridgehead atoms. The standard InChI is InChI=1S/C12H19N3O2S/c1-9-3-4-12(10(2)14-9)15-18(16,17)11-5-7-13-8-6-11/h3-4,11,13,15H,5-8H2,1-2H3. The Morgan fingerprint density at radius 2 is 1.94 bits per heavy atom. The van der Waals surface area contributed by atoms with Gasteiger partial charge in [-0.3, -0.25) is 9.71 Å². The van der Waals surface area contributed by atoms with Crippen LogP contribution in [-0.4, -0.2) is 31.7 Å². The molecule has 1 fully saturated rings. The number of nitrogens with one attached hydrogen (secondary N) is 2. The zero-order valence-electron chi connectivity index (χ0n) is 10.7. The zero-order valence-corrected chi connectivity index (χ0v) is 11.5. The van der Waals surface area contributed by atoms with E-state index in [4.69, 9.17) is 0 Å². The van der Waals surface area contributed by atoms with Crippen molar-refractivity contribution in [1.29, 1.82) is 0 Å². The zero-order chi connectivity index (χ0) is 13.2. The van der Waals surface area contributed by atoms with Gasteiger partial charge in [0.15, 0.2) is 0 Å². The normalized spacial score (nSPS) is 17.7. The molecule has 0 amide bonds. The fourth-order valence-corrected chi connectivity index (χ4v) is 3.68. The van der Waals surface area contributed by atoms with Crippen molar-refractivity contribution in [3.05, 3.63) is 23.5 Å². The third kappa shape index (κ3) is 3.00. The smallest absolute Gasteiger partial charge is 0.235 e. The van der Waals surface area contributed by atoms with Gasteiger partial charge in [-0.15, -0.1) is 0 Å². The summed E-state index contributed by atoms with van der Waals surface area (Å²) in [5, 5.41) is 2.86. The largest absolute Gasteiger partial charge is 0.317 e. The van der Waals surface area contributed by atoms with Crippen LogP contribution in [0.1, 0.15) is 24.2 Å². The van der Waals surface area contributed by atoms with Gasteiger partial charge >= 0.3 is 0 Å². The predicted molar refractivity (Wildman–Crippen MR) is 72.1 cm³/mol. The summed E-state index contributed by atoms with van der Waals surface area (Å²) >= 11 is 0. The first-order valence-corrected chi connectivity index (χ1v) is 7.70. The maximum atomic E-state index is 12.2. The molecule has 6 heteroatoms. The van der Waals surface area contributed by atoms with Crippen molar-refractivity contribution in [3.63, 3.8) is 0 Å². The van der Waals surface area contributed by atoms with Crippen LogP contribution in [0.15, 0.2) is 12.1 Å². The first-order valence-electron chi connectivity index (χ1n) is 6.15. The molecule has 0 radical (unpaired) electrons. The van der Waals surface area contributed by atoms with Crippen LogP contribution < -0.4 is 10.0 Å². The summed E-state index contributed by atoms with van der Waals surface area (Å²) in [6, 6.07) is 3.59. The second-order valence-corrected chi connectivity index (χ2v) is 6.64. The van der Waals surface area contributed by atoms with E-state index in [-0.39, 0.29) is 5.25 Å². The van der Waals surface area contributed by atoms with E-state index in [0.29, 0.717) is 24.2 Å². The Balaban J connectivity index is 2.16. The molecule has 1 saturated heterocycles. The predicted octanol–water partition coefficient (Wildman–Crippen LogP) is 1.19. The average molecular weight is 269 g/mol. The number of aromatic nitrogens is 1. The van der Waals surface area contributed by atoms with Crippen LogP contribution in [0.5, 0.6) is 0 Å². The average Bonchev–Trinajstić information content (AvgIpc) is 2.34. The van der Waals surface area contributed by atoms with Crippen LogP contribution in [0.4, 0.5) is 5.69 Å². The van der Waals surface area contributed by atoms with E-state index >= 15 is 0 Å². The monoisotopic (exact) mass is 269 g/mol. The molecule has 1 aromatic rings. The molecule has 0 saturated carbocycles. The lowest BCUT2D eigenvalue weighted by atomic mass is 10.2. The highest BCUT2D eigenvalue weighted by atomic mass is 32.2. The minimum absolute atomic E-state index is 0.306. The molecule has 0 aromatic carbocycles. The fourth-order valence-electron chi connectivity index (χ4n) is 2.14. The molecule has 1 aliphatic heterocycles. The molecule has 0 unspecified atom stereocenters.